The molecule has 0 atom stereocenters. The molecule has 0 aliphatic rings. The molecule has 0 fully saturated rings. The van der Waals surface area contributed by atoms with Gasteiger partial charge in [-0.25, -0.2) is 0 Å². The fourth-order valence-corrected chi connectivity index (χ4v) is 2.06. The van der Waals surface area contributed by atoms with Crippen molar-refractivity contribution in [2.45, 2.75) is 12.8 Å². The Morgan fingerprint density at radius 1 is 1.50 bits per heavy atom. The van der Waals surface area contributed by atoms with Crippen LogP contribution < -0.4 is 0 Å². The zero-order valence-electron chi connectivity index (χ0n) is 7.13. The SMILES string of the molecule is O=C(O)CCc1c(O)cc(Cl)cc1Br. The molecule has 2 N–H and O–H groups in total. The van der Waals surface area contributed by atoms with E-state index in [1.807, 2.05) is 0 Å². The summed E-state index contributed by atoms with van der Waals surface area (Å²) >= 11 is 8.89. The highest BCUT2D eigenvalue weighted by Gasteiger charge is 2.09. The highest BCUT2D eigenvalue weighted by molar-refractivity contribution is 9.10. The molecular weight excluding hydrogens is 271 g/mol. The first-order chi connectivity index (χ1) is 6.50. The molecule has 0 amide bonds. The molecule has 0 heterocycles. The van der Waals surface area contributed by atoms with E-state index in [0.717, 1.165) is 0 Å². The maximum absolute atomic E-state index is 10.3. The molecule has 14 heavy (non-hydrogen) atoms. The number of phenolic OH excluding ortho intramolecular Hbond substituents is 1. The van der Waals surface area contributed by atoms with Gasteiger partial charge >= 0.3 is 5.97 Å². The van der Waals surface area contributed by atoms with Gasteiger partial charge in [-0.1, -0.05) is 27.5 Å². The van der Waals surface area contributed by atoms with Crippen LogP contribution in [0.2, 0.25) is 5.02 Å². The maximum atomic E-state index is 10.3. The lowest BCUT2D eigenvalue weighted by molar-refractivity contribution is -0.136. The summed E-state index contributed by atoms with van der Waals surface area (Å²) in [4.78, 5) is 10.3. The summed E-state index contributed by atoms with van der Waals surface area (Å²) in [6.45, 7) is 0. The zero-order valence-corrected chi connectivity index (χ0v) is 9.47. The van der Waals surface area contributed by atoms with Crippen molar-refractivity contribution in [2.75, 3.05) is 0 Å². The Balaban J connectivity index is 2.91. The van der Waals surface area contributed by atoms with Crippen LogP contribution in [0, 0.1) is 0 Å². The summed E-state index contributed by atoms with van der Waals surface area (Å²) in [5.41, 5.74) is 0.566. The predicted octanol–water partition coefficient (Wildman–Crippen LogP) is 2.83. The summed E-state index contributed by atoms with van der Waals surface area (Å²) < 4.78 is 0.628. The van der Waals surface area contributed by atoms with Crippen LogP contribution in [0.25, 0.3) is 0 Å². The van der Waals surface area contributed by atoms with Gasteiger partial charge in [0.2, 0.25) is 0 Å². The van der Waals surface area contributed by atoms with E-state index in [1.54, 1.807) is 6.07 Å². The molecule has 0 aromatic heterocycles. The Labute approximate surface area is 94.4 Å². The lowest BCUT2D eigenvalue weighted by Gasteiger charge is -2.06. The number of aromatic hydroxyl groups is 1. The Kier molecular flexibility index (Phi) is 3.77. The first-order valence-corrected chi connectivity index (χ1v) is 5.06. The topological polar surface area (TPSA) is 57.5 Å². The van der Waals surface area contributed by atoms with E-state index in [4.69, 9.17) is 16.7 Å². The van der Waals surface area contributed by atoms with Gasteiger partial charge in [-0.05, 0) is 18.6 Å². The number of aliphatic carboxylic acids is 1. The lowest BCUT2D eigenvalue weighted by atomic mass is 10.1. The van der Waals surface area contributed by atoms with Crippen LogP contribution in [0.3, 0.4) is 0 Å². The summed E-state index contributed by atoms with van der Waals surface area (Å²) in [6.07, 6.45) is 0.257. The van der Waals surface area contributed by atoms with E-state index in [0.29, 0.717) is 15.1 Å². The van der Waals surface area contributed by atoms with Gasteiger partial charge in [-0.2, -0.15) is 0 Å². The largest absolute Gasteiger partial charge is 0.508 e. The minimum atomic E-state index is -0.897. The van der Waals surface area contributed by atoms with E-state index in [9.17, 15) is 9.90 Å². The first-order valence-electron chi connectivity index (χ1n) is 3.89. The molecule has 0 bridgehead atoms. The van der Waals surface area contributed by atoms with Crippen molar-refractivity contribution < 1.29 is 15.0 Å². The summed E-state index contributed by atoms with van der Waals surface area (Å²) in [5.74, 6) is -0.878. The van der Waals surface area contributed by atoms with Crippen molar-refractivity contribution in [3.63, 3.8) is 0 Å². The fraction of sp³-hybridized carbons (Fsp3) is 0.222. The second-order valence-corrected chi connectivity index (χ2v) is 4.07. The Bertz CT molecular complexity index is 342. The van der Waals surface area contributed by atoms with E-state index >= 15 is 0 Å². The van der Waals surface area contributed by atoms with E-state index in [2.05, 4.69) is 15.9 Å². The molecule has 1 aromatic rings. The summed E-state index contributed by atoms with van der Waals surface area (Å²) in [7, 11) is 0. The molecule has 76 valence electrons. The average molecular weight is 280 g/mol. The molecule has 0 saturated carbocycles. The number of hydrogen-bond acceptors (Lipinski definition) is 2. The molecule has 0 unspecified atom stereocenters. The Hall–Kier alpha value is -0.740. The molecule has 1 aromatic carbocycles. The number of hydrogen-bond donors (Lipinski definition) is 2. The number of carboxylic acids is 1. The quantitative estimate of drug-likeness (QED) is 0.894. The monoisotopic (exact) mass is 278 g/mol. The normalized spacial score (nSPS) is 10.1. The highest BCUT2D eigenvalue weighted by atomic mass is 79.9. The van der Waals surface area contributed by atoms with Crippen molar-refractivity contribution >= 4 is 33.5 Å². The van der Waals surface area contributed by atoms with Crippen molar-refractivity contribution in [1.29, 1.82) is 0 Å². The second-order valence-electron chi connectivity index (χ2n) is 2.78. The molecule has 1 rings (SSSR count). The summed E-state index contributed by atoms with van der Waals surface area (Å²) in [5, 5.41) is 18.4. The van der Waals surface area contributed by atoms with Crippen LogP contribution in [0.4, 0.5) is 0 Å². The third-order valence-corrected chi connectivity index (χ3v) is 2.65. The van der Waals surface area contributed by atoms with Gasteiger partial charge in [-0.3, -0.25) is 4.79 Å². The number of carboxylic acid groups (broad SMARTS) is 1. The van der Waals surface area contributed by atoms with Crippen LogP contribution in [0.5, 0.6) is 5.75 Å². The van der Waals surface area contributed by atoms with Gasteiger partial charge < -0.3 is 10.2 Å². The van der Waals surface area contributed by atoms with E-state index in [-0.39, 0.29) is 18.6 Å². The number of carbonyl (C=O) groups is 1. The molecular formula is C9H8BrClO3. The Morgan fingerprint density at radius 3 is 2.64 bits per heavy atom. The third-order valence-electron chi connectivity index (χ3n) is 1.73. The zero-order chi connectivity index (χ0) is 10.7. The van der Waals surface area contributed by atoms with Crippen molar-refractivity contribution in [1.82, 2.24) is 0 Å². The molecule has 0 spiro atoms. The lowest BCUT2D eigenvalue weighted by Crippen LogP contribution is -1.98. The van der Waals surface area contributed by atoms with E-state index < -0.39 is 5.97 Å². The van der Waals surface area contributed by atoms with Crippen molar-refractivity contribution in [3.05, 3.63) is 27.2 Å². The number of rotatable bonds is 3. The van der Waals surface area contributed by atoms with E-state index in [1.165, 1.54) is 6.07 Å². The Morgan fingerprint density at radius 2 is 2.14 bits per heavy atom. The highest BCUT2D eigenvalue weighted by Crippen LogP contribution is 2.31. The maximum Gasteiger partial charge on any atom is 0.303 e. The van der Waals surface area contributed by atoms with Gasteiger partial charge in [-0.15, -0.1) is 0 Å². The van der Waals surface area contributed by atoms with Gasteiger partial charge in [0.25, 0.3) is 0 Å². The third kappa shape index (κ3) is 2.89. The van der Waals surface area contributed by atoms with Gasteiger partial charge in [0.1, 0.15) is 5.75 Å². The van der Waals surface area contributed by atoms with Crippen LogP contribution in [-0.2, 0) is 11.2 Å². The average Bonchev–Trinajstić information content (AvgIpc) is 2.01. The first kappa shape index (κ1) is 11.3. The van der Waals surface area contributed by atoms with Crippen LogP contribution in [0.1, 0.15) is 12.0 Å². The van der Waals surface area contributed by atoms with Crippen molar-refractivity contribution in [3.8, 4) is 5.75 Å². The standard InChI is InChI=1S/C9H8BrClO3/c10-7-3-5(11)4-8(12)6(7)1-2-9(13)14/h3-4,12H,1-2H2,(H,13,14). The molecule has 0 aliphatic heterocycles. The van der Waals surface area contributed by atoms with Gasteiger partial charge in [0.05, 0.1) is 0 Å². The number of halogens is 2. The number of phenols is 1. The van der Waals surface area contributed by atoms with Crippen LogP contribution >= 0.6 is 27.5 Å². The second kappa shape index (κ2) is 4.66. The molecule has 0 saturated heterocycles. The minimum absolute atomic E-state index is 0.0191. The molecule has 0 radical (unpaired) electrons. The van der Waals surface area contributed by atoms with Crippen molar-refractivity contribution in [2.24, 2.45) is 0 Å². The number of benzene rings is 1. The molecule has 5 heteroatoms. The van der Waals surface area contributed by atoms with Gasteiger partial charge in [0, 0.05) is 21.5 Å². The smallest absolute Gasteiger partial charge is 0.303 e. The van der Waals surface area contributed by atoms with Crippen LogP contribution in [0.15, 0.2) is 16.6 Å². The van der Waals surface area contributed by atoms with Gasteiger partial charge in [0.15, 0.2) is 0 Å². The molecule has 3 nitrogen and oxygen atoms in total. The minimum Gasteiger partial charge on any atom is -0.508 e. The summed E-state index contributed by atoms with van der Waals surface area (Å²) in [6, 6.07) is 3.02. The fourth-order valence-electron chi connectivity index (χ4n) is 1.07. The molecule has 0 aliphatic carbocycles. The van der Waals surface area contributed by atoms with Crippen LogP contribution in [-0.4, -0.2) is 16.2 Å². The predicted molar refractivity (Wildman–Crippen MR) is 56.8 cm³/mol.